The average Bonchev–Trinajstić information content (AvgIpc) is 2.73. The Bertz CT molecular complexity index is 121. The maximum absolute atomic E-state index is 5.61. The van der Waals surface area contributed by atoms with Gasteiger partial charge in [-0.1, -0.05) is 13.8 Å². The maximum atomic E-state index is 5.61. The summed E-state index contributed by atoms with van der Waals surface area (Å²) < 4.78 is 5.61. The number of ether oxygens (including phenoxy) is 1. The third-order valence-electron chi connectivity index (χ3n) is 2.25. The number of hydrogen-bond acceptors (Lipinski definition) is 2. The van der Waals surface area contributed by atoms with E-state index in [1.54, 1.807) is 0 Å². The third-order valence-corrected chi connectivity index (χ3v) is 2.25. The Morgan fingerprint density at radius 3 is 2.27 bits per heavy atom. The Hall–Kier alpha value is -0.0800. The second kappa shape index (κ2) is 3.55. The molecule has 1 spiro atoms. The molecule has 0 unspecified atom stereocenters. The smallest absolute Gasteiger partial charge is 0.0811 e. The van der Waals surface area contributed by atoms with Crippen molar-refractivity contribution in [1.29, 1.82) is 0 Å². The topological polar surface area (TPSA) is 12.5 Å². The van der Waals surface area contributed by atoms with Crippen LogP contribution in [0.3, 0.4) is 0 Å². The largest absolute Gasteiger partial charge is 0.372 e. The SMILES string of the molecule is CC.CN1CCOC2(CC2)C1. The molecule has 2 rings (SSSR count). The third kappa shape index (κ3) is 2.17. The zero-order valence-corrected chi connectivity index (χ0v) is 7.89. The van der Waals surface area contributed by atoms with Gasteiger partial charge in [0.05, 0.1) is 12.2 Å². The van der Waals surface area contributed by atoms with Gasteiger partial charge in [0.1, 0.15) is 0 Å². The summed E-state index contributed by atoms with van der Waals surface area (Å²) in [5.41, 5.74) is 0.326. The van der Waals surface area contributed by atoms with Crippen LogP contribution in [-0.4, -0.2) is 37.2 Å². The van der Waals surface area contributed by atoms with Crippen LogP contribution < -0.4 is 0 Å². The Kier molecular flexibility index (Phi) is 2.90. The van der Waals surface area contributed by atoms with Gasteiger partial charge < -0.3 is 9.64 Å². The molecule has 1 heterocycles. The molecule has 66 valence electrons. The highest BCUT2D eigenvalue weighted by Gasteiger charge is 2.46. The van der Waals surface area contributed by atoms with E-state index in [-0.39, 0.29) is 0 Å². The summed E-state index contributed by atoms with van der Waals surface area (Å²) in [4.78, 5) is 2.36. The highest BCUT2D eigenvalue weighted by molar-refractivity contribution is 4.99. The van der Waals surface area contributed by atoms with Crippen molar-refractivity contribution in [3.63, 3.8) is 0 Å². The zero-order valence-electron chi connectivity index (χ0n) is 7.89. The predicted octanol–water partition coefficient (Wildman–Crippen LogP) is 1.51. The first kappa shape index (κ1) is 9.01. The lowest BCUT2D eigenvalue weighted by Crippen LogP contribution is -2.41. The van der Waals surface area contributed by atoms with Crippen molar-refractivity contribution in [2.75, 3.05) is 26.7 Å². The number of hydrogen-bond donors (Lipinski definition) is 0. The molecule has 0 atom stereocenters. The highest BCUT2D eigenvalue weighted by atomic mass is 16.5. The van der Waals surface area contributed by atoms with Crippen molar-refractivity contribution in [2.24, 2.45) is 0 Å². The van der Waals surface area contributed by atoms with Gasteiger partial charge in [-0.15, -0.1) is 0 Å². The van der Waals surface area contributed by atoms with Gasteiger partial charge in [0.15, 0.2) is 0 Å². The summed E-state index contributed by atoms with van der Waals surface area (Å²) in [5.74, 6) is 0. The van der Waals surface area contributed by atoms with Gasteiger partial charge in [-0.2, -0.15) is 0 Å². The highest BCUT2D eigenvalue weighted by Crippen LogP contribution is 2.41. The minimum atomic E-state index is 0.326. The molecule has 0 aromatic rings. The fraction of sp³-hybridized carbons (Fsp3) is 1.00. The number of nitrogens with zero attached hydrogens (tertiary/aromatic N) is 1. The lowest BCUT2D eigenvalue weighted by Gasteiger charge is -2.29. The molecule has 2 fully saturated rings. The molecule has 0 radical (unpaired) electrons. The number of likely N-dealkylation sites (N-methyl/N-ethyl adjacent to an activating group) is 1. The monoisotopic (exact) mass is 157 g/mol. The molecule has 0 amide bonds. The van der Waals surface area contributed by atoms with Gasteiger partial charge in [-0.3, -0.25) is 0 Å². The molecule has 2 heteroatoms. The molecule has 2 nitrogen and oxygen atoms in total. The Morgan fingerprint density at radius 1 is 1.27 bits per heavy atom. The van der Waals surface area contributed by atoms with Crippen LogP contribution in [0.5, 0.6) is 0 Å². The standard InChI is InChI=1S/C7H13NO.C2H6/c1-8-4-5-9-7(6-8)2-3-7;1-2/h2-6H2,1H3;1-2H3. The van der Waals surface area contributed by atoms with Gasteiger partial charge in [0.25, 0.3) is 0 Å². The van der Waals surface area contributed by atoms with Crippen LogP contribution in [-0.2, 0) is 4.74 Å². The lowest BCUT2D eigenvalue weighted by atomic mass is 10.3. The molecule has 1 saturated carbocycles. The van der Waals surface area contributed by atoms with Gasteiger partial charge in [0, 0.05) is 13.1 Å². The van der Waals surface area contributed by atoms with Crippen LogP contribution in [0.4, 0.5) is 0 Å². The predicted molar refractivity (Wildman–Crippen MR) is 46.8 cm³/mol. The lowest BCUT2D eigenvalue weighted by molar-refractivity contribution is -0.0374. The van der Waals surface area contributed by atoms with Crippen LogP contribution in [0.15, 0.2) is 0 Å². The van der Waals surface area contributed by atoms with Crippen molar-refractivity contribution < 1.29 is 4.74 Å². The van der Waals surface area contributed by atoms with Crippen LogP contribution in [0.1, 0.15) is 26.7 Å². The summed E-state index contributed by atoms with van der Waals surface area (Å²) in [6.45, 7) is 7.21. The molecule has 1 saturated heterocycles. The van der Waals surface area contributed by atoms with E-state index >= 15 is 0 Å². The van der Waals surface area contributed by atoms with Crippen molar-refractivity contribution >= 4 is 0 Å². The first-order valence-corrected chi connectivity index (χ1v) is 4.63. The van der Waals surface area contributed by atoms with E-state index < -0.39 is 0 Å². The molecule has 2 aliphatic rings. The molecule has 1 aliphatic carbocycles. The second-order valence-electron chi connectivity index (χ2n) is 3.27. The van der Waals surface area contributed by atoms with Crippen LogP contribution in [0.2, 0.25) is 0 Å². The van der Waals surface area contributed by atoms with Crippen LogP contribution >= 0.6 is 0 Å². The van der Waals surface area contributed by atoms with E-state index in [2.05, 4.69) is 11.9 Å². The second-order valence-corrected chi connectivity index (χ2v) is 3.27. The van der Waals surface area contributed by atoms with Crippen molar-refractivity contribution in [2.45, 2.75) is 32.3 Å². The van der Waals surface area contributed by atoms with Crippen LogP contribution in [0.25, 0.3) is 0 Å². The van der Waals surface area contributed by atoms with Gasteiger partial charge in [-0.05, 0) is 19.9 Å². The molecular formula is C9H19NO. The number of morpholine rings is 1. The van der Waals surface area contributed by atoms with Crippen molar-refractivity contribution in [3.8, 4) is 0 Å². The first-order valence-electron chi connectivity index (χ1n) is 4.63. The summed E-state index contributed by atoms with van der Waals surface area (Å²) in [6.07, 6.45) is 2.58. The van der Waals surface area contributed by atoms with E-state index in [0.717, 1.165) is 19.7 Å². The fourth-order valence-corrected chi connectivity index (χ4v) is 1.48. The molecule has 11 heavy (non-hydrogen) atoms. The summed E-state index contributed by atoms with van der Waals surface area (Å²) >= 11 is 0. The van der Waals surface area contributed by atoms with Crippen molar-refractivity contribution in [3.05, 3.63) is 0 Å². The first-order chi connectivity index (χ1) is 5.31. The summed E-state index contributed by atoms with van der Waals surface area (Å²) in [6, 6.07) is 0. The molecule has 1 aliphatic heterocycles. The van der Waals surface area contributed by atoms with E-state index in [1.165, 1.54) is 12.8 Å². The molecule has 0 aromatic carbocycles. The minimum Gasteiger partial charge on any atom is -0.372 e. The minimum absolute atomic E-state index is 0.326. The Labute approximate surface area is 69.5 Å². The maximum Gasteiger partial charge on any atom is 0.0811 e. The van der Waals surface area contributed by atoms with Crippen LogP contribution in [0, 0.1) is 0 Å². The molecule has 0 N–H and O–H groups in total. The molecular weight excluding hydrogens is 138 g/mol. The van der Waals surface area contributed by atoms with Gasteiger partial charge in [0.2, 0.25) is 0 Å². The Balaban J connectivity index is 0.000000281. The average molecular weight is 157 g/mol. The van der Waals surface area contributed by atoms with E-state index in [0.29, 0.717) is 5.60 Å². The fourth-order valence-electron chi connectivity index (χ4n) is 1.48. The van der Waals surface area contributed by atoms with E-state index in [1.807, 2.05) is 13.8 Å². The van der Waals surface area contributed by atoms with E-state index in [4.69, 9.17) is 4.74 Å². The van der Waals surface area contributed by atoms with Gasteiger partial charge in [-0.25, -0.2) is 0 Å². The summed E-state index contributed by atoms with van der Waals surface area (Å²) in [5, 5.41) is 0. The molecule has 0 aromatic heterocycles. The van der Waals surface area contributed by atoms with Gasteiger partial charge >= 0.3 is 0 Å². The summed E-state index contributed by atoms with van der Waals surface area (Å²) in [7, 11) is 2.17. The number of rotatable bonds is 0. The van der Waals surface area contributed by atoms with E-state index in [9.17, 15) is 0 Å². The quantitative estimate of drug-likeness (QED) is 0.528. The zero-order chi connectivity index (χ0) is 8.32. The normalized spacial score (nSPS) is 27.5. The Morgan fingerprint density at radius 2 is 1.91 bits per heavy atom. The molecule has 0 bridgehead atoms. The van der Waals surface area contributed by atoms with Crippen molar-refractivity contribution in [1.82, 2.24) is 4.90 Å².